The van der Waals surface area contributed by atoms with Crippen LogP contribution >= 0.6 is 11.8 Å². The Morgan fingerprint density at radius 3 is 2.55 bits per heavy atom. The second kappa shape index (κ2) is 8.91. The summed E-state index contributed by atoms with van der Waals surface area (Å²) in [5, 5.41) is 20.0. The Hall–Kier alpha value is -3.31. The van der Waals surface area contributed by atoms with E-state index in [0.29, 0.717) is 0 Å². The third-order valence-electron chi connectivity index (χ3n) is 5.09. The molecule has 0 saturated carbocycles. The van der Waals surface area contributed by atoms with Gasteiger partial charge in [0.15, 0.2) is 0 Å². The molecule has 3 atom stereocenters. The van der Waals surface area contributed by atoms with E-state index >= 15 is 0 Å². The number of hydrogen-bond donors (Lipinski definition) is 4. The molecule has 0 aromatic heterocycles. The summed E-state index contributed by atoms with van der Waals surface area (Å²) in [5.74, 6) is -3.18. The summed E-state index contributed by atoms with van der Waals surface area (Å²) in [6.07, 6.45) is -0.923. The summed E-state index contributed by atoms with van der Waals surface area (Å²) in [6.45, 7) is 3.44. The molecular formula is C19H21N5O7S2. The molecule has 0 spiro atoms. The molecule has 0 bridgehead atoms. The number of aliphatic carboxylic acids is 1. The van der Waals surface area contributed by atoms with Gasteiger partial charge in [-0.1, -0.05) is 18.2 Å². The topological polar surface area (TPSA) is 186 Å². The summed E-state index contributed by atoms with van der Waals surface area (Å²) < 4.78 is 27.3. The smallest absolute Gasteiger partial charge is 0.327 e. The molecule has 33 heavy (non-hydrogen) atoms. The van der Waals surface area contributed by atoms with Gasteiger partial charge in [0.2, 0.25) is 17.7 Å². The molecule has 0 radical (unpaired) electrons. The molecule has 1 aromatic carbocycles. The van der Waals surface area contributed by atoms with Crippen LogP contribution in [0.25, 0.3) is 0 Å². The number of anilines is 1. The lowest BCUT2D eigenvalue weighted by Gasteiger charge is -2.43. The molecule has 12 nitrogen and oxygen atoms in total. The van der Waals surface area contributed by atoms with Gasteiger partial charge in [0, 0.05) is 4.75 Å². The van der Waals surface area contributed by atoms with Crippen molar-refractivity contribution >= 4 is 51.3 Å². The maximum Gasteiger partial charge on any atom is 0.327 e. The first-order chi connectivity index (χ1) is 15.4. The van der Waals surface area contributed by atoms with Crippen molar-refractivity contribution in [3.63, 3.8) is 0 Å². The zero-order valence-corrected chi connectivity index (χ0v) is 19.2. The maximum atomic E-state index is 12.6. The summed E-state index contributed by atoms with van der Waals surface area (Å²) in [5.41, 5.74) is 0.313. The van der Waals surface area contributed by atoms with E-state index in [2.05, 4.69) is 10.0 Å². The first-order valence-corrected chi connectivity index (χ1v) is 12.0. The van der Waals surface area contributed by atoms with E-state index in [1.807, 2.05) is 0 Å². The number of benzene rings is 1. The number of nitrogens with one attached hydrogen (secondary N) is 3. The van der Waals surface area contributed by atoms with Crippen molar-refractivity contribution < 1.29 is 32.7 Å². The number of β-lactam (4-membered cyclic amide) rings is 1. The predicted octanol–water partition coefficient (Wildman–Crippen LogP) is -0.453. The minimum absolute atomic E-state index is 0.0359. The van der Waals surface area contributed by atoms with E-state index in [-0.39, 0.29) is 17.7 Å². The molecule has 2 aliphatic rings. The minimum atomic E-state index is -4.33. The van der Waals surface area contributed by atoms with Crippen molar-refractivity contribution in [3.8, 4) is 6.07 Å². The molecule has 2 fully saturated rings. The third kappa shape index (κ3) is 5.04. The second-order valence-corrected chi connectivity index (χ2v) is 11.1. The molecule has 2 heterocycles. The van der Waals surface area contributed by atoms with Gasteiger partial charge in [-0.05, 0) is 25.5 Å². The standard InChI is InChI=1S/C19H21N5O7S2/c1-19(2)15(18(28)29)24-16(27)14(17(24)32-19)21-13(26)9-10-5-3-4-6-11(10)22-33(30,31)23-12(25)7-8-20/h3-6,14-15,17,22H,7,9H2,1-2H3,(H,21,26)(H,23,25)(H,28,29)/t14?,15-,17+/m0/s1. The number of hydrogen-bond acceptors (Lipinski definition) is 8. The second-order valence-electron chi connectivity index (χ2n) is 7.94. The van der Waals surface area contributed by atoms with Gasteiger partial charge in [0.1, 0.15) is 23.9 Å². The first kappa shape index (κ1) is 24.3. The van der Waals surface area contributed by atoms with Gasteiger partial charge in [0.05, 0.1) is 18.2 Å². The highest BCUT2D eigenvalue weighted by Crippen LogP contribution is 2.50. The lowest BCUT2D eigenvalue weighted by molar-refractivity contribution is -0.161. The summed E-state index contributed by atoms with van der Waals surface area (Å²) in [7, 11) is -4.33. The fourth-order valence-corrected chi connectivity index (χ4v) is 6.28. The van der Waals surface area contributed by atoms with Gasteiger partial charge in [-0.15, -0.1) is 11.8 Å². The predicted molar refractivity (Wildman–Crippen MR) is 117 cm³/mol. The van der Waals surface area contributed by atoms with E-state index in [0.717, 1.165) is 0 Å². The number of rotatable bonds is 8. The zero-order chi connectivity index (χ0) is 24.6. The van der Waals surface area contributed by atoms with Gasteiger partial charge in [-0.2, -0.15) is 13.7 Å². The number of carboxylic acids is 1. The quantitative estimate of drug-likeness (QED) is 0.346. The Labute approximate surface area is 193 Å². The Kier molecular flexibility index (Phi) is 6.57. The molecule has 2 aliphatic heterocycles. The van der Waals surface area contributed by atoms with Crippen molar-refractivity contribution in [2.45, 2.75) is 48.9 Å². The lowest BCUT2D eigenvalue weighted by atomic mass is 9.96. The average molecular weight is 496 g/mol. The van der Waals surface area contributed by atoms with Crippen LogP contribution in [0.4, 0.5) is 5.69 Å². The number of para-hydroxylation sites is 1. The largest absolute Gasteiger partial charge is 0.480 e. The number of nitrogens with zero attached hydrogens (tertiary/aromatic N) is 2. The van der Waals surface area contributed by atoms with E-state index in [4.69, 9.17) is 5.26 Å². The molecule has 0 aliphatic carbocycles. The van der Waals surface area contributed by atoms with Crippen molar-refractivity contribution in [2.75, 3.05) is 4.72 Å². The highest BCUT2D eigenvalue weighted by molar-refractivity contribution is 8.01. The fraction of sp³-hybridized carbons (Fsp3) is 0.421. The molecule has 1 aromatic rings. The number of amides is 3. The Balaban J connectivity index is 1.67. The minimum Gasteiger partial charge on any atom is -0.480 e. The van der Waals surface area contributed by atoms with Gasteiger partial charge in [-0.3, -0.25) is 19.1 Å². The highest BCUT2D eigenvalue weighted by Gasteiger charge is 2.64. The monoisotopic (exact) mass is 495 g/mol. The lowest BCUT2D eigenvalue weighted by Crippen LogP contribution is -2.70. The number of nitriles is 1. The summed E-state index contributed by atoms with van der Waals surface area (Å²) in [6, 6.07) is 5.63. The maximum absolute atomic E-state index is 12.6. The third-order valence-corrected chi connectivity index (χ3v) is 7.65. The van der Waals surface area contributed by atoms with Gasteiger partial charge in [-0.25, -0.2) is 9.52 Å². The highest BCUT2D eigenvalue weighted by atomic mass is 32.2. The number of carbonyl (C=O) groups is 4. The van der Waals surface area contributed by atoms with Crippen LogP contribution in [0.3, 0.4) is 0 Å². The number of carbonyl (C=O) groups excluding carboxylic acids is 3. The number of thioether (sulfide) groups is 1. The van der Waals surface area contributed by atoms with E-state index < -0.39 is 62.5 Å². The van der Waals surface area contributed by atoms with Crippen LogP contribution in [-0.4, -0.2) is 64.3 Å². The van der Waals surface area contributed by atoms with Crippen LogP contribution in [0, 0.1) is 11.3 Å². The molecule has 3 amide bonds. The van der Waals surface area contributed by atoms with Crippen LogP contribution in [0.5, 0.6) is 0 Å². The molecule has 176 valence electrons. The Morgan fingerprint density at radius 2 is 1.91 bits per heavy atom. The zero-order valence-electron chi connectivity index (χ0n) is 17.6. The van der Waals surface area contributed by atoms with Gasteiger partial charge >= 0.3 is 16.2 Å². The molecular weight excluding hydrogens is 474 g/mol. The normalized spacial score (nSPS) is 23.0. The SMILES string of the molecule is CC1(C)S[C@@H]2C(NC(=O)Cc3ccccc3NS(=O)(=O)NC(=O)CC#N)C(=O)N2[C@H]1C(=O)O. The summed E-state index contributed by atoms with van der Waals surface area (Å²) in [4.78, 5) is 49.4. The van der Waals surface area contributed by atoms with Crippen LogP contribution in [0.15, 0.2) is 24.3 Å². The van der Waals surface area contributed by atoms with Crippen molar-refractivity contribution in [1.29, 1.82) is 5.26 Å². The number of carboxylic acid groups (broad SMARTS) is 1. The molecule has 4 N–H and O–H groups in total. The molecule has 3 rings (SSSR count). The van der Waals surface area contributed by atoms with Gasteiger partial charge in [0.25, 0.3) is 0 Å². The Bertz CT molecular complexity index is 1160. The van der Waals surface area contributed by atoms with Gasteiger partial charge < -0.3 is 15.3 Å². The summed E-state index contributed by atoms with van der Waals surface area (Å²) >= 11 is 1.29. The average Bonchev–Trinajstić information content (AvgIpc) is 2.95. The van der Waals surface area contributed by atoms with Crippen molar-refractivity contribution in [2.24, 2.45) is 0 Å². The van der Waals surface area contributed by atoms with Crippen molar-refractivity contribution in [1.82, 2.24) is 14.9 Å². The number of fused-ring (bicyclic) bond motifs is 1. The van der Waals surface area contributed by atoms with E-state index in [1.165, 1.54) is 40.9 Å². The fourth-order valence-electron chi connectivity index (χ4n) is 3.74. The first-order valence-electron chi connectivity index (χ1n) is 9.66. The van der Waals surface area contributed by atoms with Crippen LogP contribution < -0.4 is 14.8 Å². The molecule has 1 unspecified atom stereocenters. The van der Waals surface area contributed by atoms with E-state index in [1.54, 1.807) is 24.6 Å². The molecule has 14 heteroatoms. The van der Waals surface area contributed by atoms with Crippen LogP contribution in [0.2, 0.25) is 0 Å². The van der Waals surface area contributed by atoms with Crippen LogP contribution in [0.1, 0.15) is 25.8 Å². The van der Waals surface area contributed by atoms with Crippen molar-refractivity contribution in [3.05, 3.63) is 29.8 Å². The Morgan fingerprint density at radius 1 is 1.24 bits per heavy atom. The van der Waals surface area contributed by atoms with E-state index in [9.17, 15) is 32.7 Å². The van der Waals surface area contributed by atoms with Crippen LogP contribution in [-0.2, 0) is 35.8 Å². The molecule has 2 saturated heterocycles.